The van der Waals surface area contributed by atoms with Gasteiger partial charge < -0.3 is 14.8 Å². The molecule has 1 aliphatic heterocycles. The van der Waals surface area contributed by atoms with E-state index in [1.807, 2.05) is 6.07 Å². The molecule has 54 heavy (non-hydrogen) atoms. The Kier molecular flexibility index (Phi) is 15.6. The van der Waals surface area contributed by atoms with Crippen LogP contribution in [0, 0.1) is 0 Å². The molecule has 8 nitrogen and oxygen atoms in total. The number of hydrogen-bond acceptors (Lipinski definition) is 6. The summed E-state index contributed by atoms with van der Waals surface area (Å²) >= 11 is 0. The van der Waals surface area contributed by atoms with Crippen LogP contribution in [0.2, 0.25) is 0 Å². The number of sulfonamides is 1. The number of carbonyl (C=O) groups is 2. The minimum atomic E-state index is -7.03. The number of rotatable bonds is 24. The predicted octanol–water partition coefficient (Wildman–Crippen LogP) is 10.3. The minimum Gasteiger partial charge on any atom is -0.480 e. The Morgan fingerprint density at radius 2 is 1.41 bits per heavy atom. The summed E-state index contributed by atoms with van der Waals surface area (Å²) in [6.45, 7) is 5.04. The van der Waals surface area contributed by atoms with Crippen molar-refractivity contribution in [1.29, 1.82) is 0 Å². The second-order valence-electron chi connectivity index (χ2n) is 13.9. The number of hydrogen-bond donors (Lipinski definition) is 2. The maximum absolute atomic E-state index is 14.2. The quantitative estimate of drug-likeness (QED) is 0.0621. The molecule has 1 heterocycles. The van der Waals surface area contributed by atoms with Crippen LogP contribution in [-0.4, -0.2) is 55.3 Å². The van der Waals surface area contributed by atoms with Gasteiger partial charge in [0, 0.05) is 0 Å². The summed E-state index contributed by atoms with van der Waals surface area (Å²) in [5.41, 5.74) is -2.01. The smallest absolute Gasteiger partial charge is 0.431 e. The van der Waals surface area contributed by atoms with E-state index in [-0.39, 0.29) is 5.75 Å². The molecule has 1 aliphatic rings. The van der Waals surface area contributed by atoms with Crippen molar-refractivity contribution in [3.63, 3.8) is 0 Å². The van der Waals surface area contributed by atoms with Gasteiger partial charge in [0.2, 0.25) is 11.9 Å². The molecule has 1 atom stereocenters. The number of fused-ring (bicyclic) bond motifs is 1. The molecule has 2 N–H and O–H groups in total. The Hall–Kier alpha value is -3.63. The topological polar surface area (TPSA) is 111 Å². The summed E-state index contributed by atoms with van der Waals surface area (Å²) in [6, 6.07) is 9.30. The average Bonchev–Trinajstić information content (AvgIpc) is 3.09. The van der Waals surface area contributed by atoms with Crippen LogP contribution in [0.15, 0.2) is 42.5 Å². The van der Waals surface area contributed by atoms with Gasteiger partial charge in [-0.1, -0.05) is 96.1 Å². The summed E-state index contributed by atoms with van der Waals surface area (Å²) in [7, 11) is -6.79. The number of benzene rings is 2. The van der Waals surface area contributed by atoms with Crippen LogP contribution in [0.25, 0.3) is 0 Å². The number of anilines is 2. The summed E-state index contributed by atoms with van der Waals surface area (Å²) in [5.74, 6) is -15.6. The molecule has 0 saturated carbocycles. The van der Waals surface area contributed by atoms with E-state index in [0.29, 0.717) is 17.9 Å². The normalized spacial score (nSPS) is 15.4. The lowest BCUT2D eigenvalue weighted by Crippen LogP contribution is -2.61. The summed E-state index contributed by atoms with van der Waals surface area (Å²) in [6.07, 6.45) is 9.77. The van der Waals surface area contributed by atoms with Crippen molar-refractivity contribution in [3.05, 3.63) is 48.0 Å². The van der Waals surface area contributed by atoms with Crippen LogP contribution in [0.4, 0.5) is 46.5 Å². The monoisotopic (exact) mass is 800 g/mol. The largest absolute Gasteiger partial charge is 0.480 e. The minimum absolute atomic E-state index is 0.284. The Morgan fingerprint density at radius 3 is 1.96 bits per heavy atom. The van der Waals surface area contributed by atoms with Crippen LogP contribution in [0.3, 0.4) is 0 Å². The zero-order valence-electron chi connectivity index (χ0n) is 30.5. The number of halogens is 8. The van der Waals surface area contributed by atoms with Gasteiger partial charge in [-0.25, -0.2) is 8.78 Å². The van der Waals surface area contributed by atoms with Crippen molar-refractivity contribution in [1.82, 2.24) is 0 Å². The second-order valence-corrected chi connectivity index (χ2v) is 15.7. The van der Waals surface area contributed by atoms with E-state index in [9.17, 15) is 53.1 Å². The third-order valence-electron chi connectivity index (χ3n) is 9.04. The Balaban J connectivity index is 1.54. The molecule has 0 bridgehead atoms. The molecule has 17 heteroatoms. The van der Waals surface area contributed by atoms with E-state index < -0.39 is 68.3 Å². The Labute approximate surface area is 310 Å². The number of alkyl halides is 8. The van der Waals surface area contributed by atoms with Gasteiger partial charge in [-0.15, -0.1) is 0 Å². The fourth-order valence-corrected chi connectivity index (χ4v) is 6.88. The first-order chi connectivity index (χ1) is 25.2. The molecule has 304 valence electrons. The highest BCUT2D eigenvalue weighted by atomic mass is 32.2. The van der Waals surface area contributed by atoms with Crippen molar-refractivity contribution in [3.8, 4) is 11.5 Å². The summed E-state index contributed by atoms with van der Waals surface area (Å²) in [5, 5.41) is -4.52. The molecular formula is C37H48F8N2O6S. The predicted molar refractivity (Wildman–Crippen MR) is 188 cm³/mol. The van der Waals surface area contributed by atoms with Crippen LogP contribution in [0.1, 0.15) is 110 Å². The number of carbonyl (C=O) groups excluding carboxylic acids is 2. The summed E-state index contributed by atoms with van der Waals surface area (Å²) in [4.78, 5) is 26.3. The number of aryl methyl sites for hydroxylation is 1. The molecule has 0 saturated heterocycles. The third-order valence-corrected chi connectivity index (χ3v) is 10.5. The van der Waals surface area contributed by atoms with Crippen LogP contribution < -0.4 is 19.5 Å². The lowest BCUT2D eigenvalue weighted by molar-refractivity contribution is -0.314. The second kappa shape index (κ2) is 18.8. The lowest BCUT2D eigenvalue weighted by atomic mass is 9.96. The molecule has 0 aromatic heterocycles. The third kappa shape index (κ3) is 11.0. The van der Waals surface area contributed by atoms with Gasteiger partial charge in [0.1, 0.15) is 11.5 Å². The van der Waals surface area contributed by atoms with Crippen molar-refractivity contribution in [2.45, 2.75) is 146 Å². The zero-order chi connectivity index (χ0) is 40.4. The van der Waals surface area contributed by atoms with E-state index in [4.69, 9.17) is 9.47 Å². The zero-order valence-corrected chi connectivity index (χ0v) is 31.3. The standard InChI is InChI=1S/C37H48F8N2O6S/c1-4-5-6-7-8-9-10-11-12-13-14-15-16-18-25-19-17-20-27(23-25)53-34(2,3)31(48)30-32(49)46-28-24-26(21-22-29(28)52-30)47-54(50,51)37(44,45)36(42,43)35(40,41)33(38)39/h17,19-24,30,33,47H,4-16,18H2,1-3H3,(H,46,49). The van der Waals surface area contributed by atoms with Crippen molar-refractivity contribution in [2.24, 2.45) is 0 Å². The van der Waals surface area contributed by atoms with E-state index in [2.05, 4.69) is 12.2 Å². The van der Waals surface area contributed by atoms with E-state index in [1.165, 1.54) is 78.1 Å². The fourth-order valence-electron chi connectivity index (χ4n) is 5.84. The Bertz CT molecular complexity index is 1670. The van der Waals surface area contributed by atoms with Gasteiger partial charge in [-0.05, 0) is 62.6 Å². The molecule has 0 spiro atoms. The van der Waals surface area contributed by atoms with Gasteiger partial charge in [-0.3, -0.25) is 14.3 Å². The van der Waals surface area contributed by atoms with E-state index in [1.54, 1.807) is 18.2 Å². The van der Waals surface area contributed by atoms with Crippen LogP contribution in [0.5, 0.6) is 11.5 Å². The van der Waals surface area contributed by atoms with Gasteiger partial charge in [0.25, 0.3) is 5.91 Å². The number of ether oxygens (including phenoxy) is 2. The number of amides is 1. The number of nitrogens with one attached hydrogen (secondary N) is 2. The molecule has 3 rings (SSSR count). The van der Waals surface area contributed by atoms with Crippen LogP contribution >= 0.6 is 0 Å². The van der Waals surface area contributed by atoms with Crippen molar-refractivity contribution < 1.29 is 62.6 Å². The average molecular weight is 801 g/mol. The molecular weight excluding hydrogens is 752 g/mol. The highest BCUT2D eigenvalue weighted by molar-refractivity contribution is 7.93. The SMILES string of the molecule is CCCCCCCCCCCCCCCc1cccc(OC(C)(C)C(=O)C2Oc3ccc(NS(=O)(=O)C(F)(F)C(F)(F)C(F)(F)C(F)F)cc3NC2=O)c1. The maximum atomic E-state index is 14.2. The molecule has 1 unspecified atom stereocenters. The van der Waals surface area contributed by atoms with Crippen LogP contribution in [-0.2, 0) is 26.0 Å². The van der Waals surface area contributed by atoms with Crippen molar-refractivity contribution >= 4 is 33.1 Å². The van der Waals surface area contributed by atoms with E-state index >= 15 is 0 Å². The molecule has 1 amide bonds. The number of ketones is 1. The maximum Gasteiger partial charge on any atom is 0.431 e. The molecule has 0 fully saturated rings. The lowest BCUT2D eigenvalue weighted by Gasteiger charge is -2.32. The number of unbranched alkanes of at least 4 members (excludes halogenated alkanes) is 12. The molecule has 0 aliphatic carbocycles. The van der Waals surface area contributed by atoms with E-state index in [0.717, 1.165) is 42.0 Å². The first kappa shape index (κ1) is 44.8. The van der Waals surface area contributed by atoms with Gasteiger partial charge in [0.05, 0.1) is 11.4 Å². The molecule has 2 aromatic carbocycles. The molecule has 0 radical (unpaired) electrons. The van der Waals surface area contributed by atoms with Gasteiger partial charge >= 0.3 is 33.5 Å². The van der Waals surface area contributed by atoms with Crippen molar-refractivity contribution in [2.75, 3.05) is 10.0 Å². The first-order valence-corrected chi connectivity index (χ1v) is 19.5. The Morgan fingerprint density at radius 1 is 0.852 bits per heavy atom. The van der Waals surface area contributed by atoms with Gasteiger partial charge in [-0.2, -0.15) is 34.8 Å². The first-order valence-electron chi connectivity index (χ1n) is 18.1. The highest BCUT2D eigenvalue weighted by Crippen LogP contribution is 2.51. The number of Topliss-reactive ketones (excluding diaryl/α,β-unsaturated/α-hetero) is 1. The molecule has 2 aromatic rings. The summed E-state index contributed by atoms with van der Waals surface area (Å²) < 4.78 is 144. The fraction of sp³-hybridized carbons (Fsp3) is 0.622. The highest BCUT2D eigenvalue weighted by Gasteiger charge is 2.80. The van der Waals surface area contributed by atoms with Gasteiger partial charge in [0.15, 0.2) is 5.60 Å².